The summed E-state index contributed by atoms with van der Waals surface area (Å²) in [6, 6.07) is 0. The Morgan fingerprint density at radius 1 is 0.889 bits per heavy atom. The quantitative estimate of drug-likeness (QED) is 0.331. The molecule has 0 radical (unpaired) electrons. The molecule has 0 fully saturated rings. The van der Waals surface area contributed by atoms with E-state index in [1.54, 1.807) is 0 Å². The Balaban J connectivity index is 3.20. The van der Waals surface area contributed by atoms with Crippen molar-refractivity contribution < 1.29 is 4.79 Å². The highest BCUT2D eigenvalue weighted by Gasteiger charge is 1.99. The lowest BCUT2D eigenvalue weighted by Crippen LogP contribution is -2.17. The van der Waals surface area contributed by atoms with Gasteiger partial charge in [-0.3, -0.25) is 4.79 Å². The first-order chi connectivity index (χ1) is 8.66. The molecule has 18 heavy (non-hydrogen) atoms. The molecule has 0 aliphatic heterocycles. The fourth-order valence-corrected chi connectivity index (χ4v) is 1.83. The fraction of sp³-hybridized carbons (Fsp3) is 0.867. The minimum absolute atomic E-state index is 0.0409. The number of carbonyl (C=O) groups is 1. The zero-order valence-corrected chi connectivity index (χ0v) is 12.4. The summed E-state index contributed by atoms with van der Waals surface area (Å²) in [4.78, 5) is 11.3. The number of amides is 1. The van der Waals surface area contributed by atoms with E-state index >= 15 is 0 Å². The molecule has 3 nitrogen and oxygen atoms in total. The Morgan fingerprint density at radius 3 is 1.89 bits per heavy atom. The summed E-state index contributed by atoms with van der Waals surface area (Å²) in [6.07, 6.45) is 12.1. The molecule has 0 unspecified atom stereocenters. The first kappa shape index (κ1) is 17.1. The van der Waals surface area contributed by atoms with Gasteiger partial charge in [-0.1, -0.05) is 58.3 Å². The van der Waals surface area contributed by atoms with Gasteiger partial charge in [0.2, 0.25) is 5.91 Å². The van der Waals surface area contributed by atoms with Crippen LogP contribution in [0.1, 0.15) is 85.0 Å². The van der Waals surface area contributed by atoms with Crippen molar-refractivity contribution in [1.29, 1.82) is 0 Å². The van der Waals surface area contributed by atoms with Gasteiger partial charge in [0.05, 0.1) is 0 Å². The van der Waals surface area contributed by atoms with E-state index in [4.69, 9.17) is 0 Å². The molecular weight excluding hydrogens is 224 g/mol. The van der Waals surface area contributed by atoms with Gasteiger partial charge < -0.3 is 0 Å². The Hall–Kier alpha value is -0.860. The first-order valence-electron chi connectivity index (χ1n) is 7.46. The summed E-state index contributed by atoms with van der Waals surface area (Å²) in [6.45, 7) is 5.99. The zero-order valence-electron chi connectivity index (χ0n) is 12.4. The van der Waals surface area contributed by atoms with Crippen LogP contribution in [-0.4, -0.2) is 11.6 Å². The minimum atomic E-state index is 0.0409. The van der Waals surface area contributed by atoms with Crippen molar-refractivity contribution in [3.8, 4) is 0 Å². The largest absolute Gasteiger partial charge is 0.273 e. The van der Waals surface area contributed by atoms with Crippen LogP contribution in [-0.2, 0) is 4.79 Å². The lowest BCUT2D eigenvalue weighted by Gasteiger charge is -2.02. The summed E-state index contributed by atoms with van der Waals surface area (Å²) in [5.74, 6) is 0.0409. The van der Waals surface area contributed by atoms with Gasteiger partial charge in [0.25, 0.3) is 0 Å². The highest BCUT2D eigenvalue weighted by molar-refractivity contribution is 5.82. The van der Waals surface area contributed by atoms with Crippen LogP contribution in [0, 0.1) is 0 Å². The van der Waals surface area contributed by atoms with Crippen molar-refractivity contribution in [2.24, 2.45) is 5.10 Å². The predicted octanol–water partition coefficient (Wildman–Crippen LogP) is 4.42. The predicted molar refractivity (Wildman–Crippen MR) is 78.8 cm³/mol. The molecule has 0 aromatic heterocycles. The van der Waals surface area contributed by atoms with Crippen molar-refractivity contribution in [2.45, 2.75) is 85.0 Å². The minimum Gasteiger partial charge on any atom is -0.273 e. The number of unbranched alkanes of at least 4 members (excludes halogenated alkanes) is 8. The van der Waals surface area contributed by atoms with Gasteiger partial charge >= 0.3 is 0 Å². The van der Waals surface area contributed by atoms with Crippen LogP contribution in [0.4, 0.5) is 0 Å². The number of nitrogens with zero attached hydrogens (tertiary/aromatic N) is 1. The summed E-state index contributed by atoms with van der Waals surface area (Å²) in [5, 5.41) is 3.90. The molecule has 0 heterocycles. The van der Waals surface area contributed by atoms with E-state index in [-0.39, 0.29) is 5.91 Å². The van der Waals surface area contributed by atoms with Crippen LogP contribution in [0.15, 0.2) is 5.10 Å². The Bertz CT molecular complexity index is 233. The van der Waals surface area contributed by atoms with Gasteiger partial charge in [-0.05, 0) is 20.3 Å². The van der Waals surface area contributed by atoms with Gasteiger partial charge in [-0.15, -0.1) is 0 Å². The van der Waals surface area contributed by atoms with Crippen LogP contribution in [0.2, 0.25) is 0 Å². The fourth-order valence-electron chi connectivity index (χ4n) is 1.83. The van der Waals surface area contributed by atoms with Crippen LogP contribution in [0.5, 0.6) is 0 Å². The summed E-state index contributed by atoms with van der Waals surface area (Å²) < 4.78 is 0. The highest BCUT2D eigenvalue weighted by Crippen LogP contribution is 2.10. The Kier molecular flexibility index (Phi) is 12.0. The third-order valence-electron chi connectivity index (χ3n) is 2.91. The second-order valence-corrected chi connectivity index (χ2v) is 5.17. The molecule has 0 atom stereocenters. The van der Waals surface area contributed by atoms with E-state index in [9.17, 15) is 4.79 Å². The lowest BCUT2D eigenvalue weighted by molar-refractivity contribution is -0.121. The van der Waals surface area contributed by atoms with Gasteiger partial charge in [0.1, 0.15) is 0 Å². The van der Waals surface area contributed by atoms with Gasteiger partial charge in [-0.2, -0.15) is 5.10 Å². The van der Waals surface area contributed by atoms with E-state index in [0.717, 1.165) is 18.6 Å². The van der Waals surface area contributed by atoms with Crippen molar-refractivity contribution in [3.05, 3.63) is 0 Å². The third kappa shape index (κ3) is 13.2. The van der Waals surface area contributed by atoms with Crippen molar-refractivity contribution in [2.75, 3.05) is 0 Å². The molecule has 0 saturated heterocycles. The van der Waals surface area contributed by atoms with Crippen molar-refractivity contribution in [3.63, 3.8) is 0 Å². The smallest absolute Gasteiger partial charge is 0.240 e. The second-order valence-electron chi connectivity index (χ2n) is 5.17. The van der Waals surface area contributed by atoms with Crippen molar-refractivity contribution >= 4 is 11.6 Å². The molecule has 0 saturated carbocycles. The highest BCUT2D eigenvalue weighted by atomic mass is 16.2. The maximum absolute atomic E-state index is 11.3. The maximum atomic E-state index is 11.3. The van der Waals surface area contributed by atoms with Crippen LogP contribution in [0.25, 0.3) is 0 Å². The molecule has 106 valence electrons. The van der Waals surface area contributed by atoms with Crippen molar-refractivity contribution in [1.82, 2.24) is 5.43 Å². The summed E-state index contributed by atoms with van der Waals surface area (Å²) in [5.41, 5.74) is 3.44. The molecule has 0 aliphatic carbocycles. The summed E-state index contributed by atoms with van der Waals surface area (Å²) >= 11 is 0. The van der Waals surface area contributed by atoms with E-state index < -0.39 is 0 Å². The molecule has 0 bridgehead atoms. The number of nitrogens with one attached hydrogen (secondary N) is 1. The maximum Gasteiger partial charge on any atom is 0.240 e. The normalized spacial score (nSPS) is 10.2. The van der Waals surface area contributed by atoms with Crippen LogP contribution in [0.3, 0.4) is 0 Å². The van der Waals surface area contributed by atoms with E-state index in [1.807, 2.05) is 13.8 Å². The zero-order chi connectivity index (χ0) is 13.6. The standard InChI is InChI=1S/C15H30N2O/c1-4-5-6-7-8-9-10-11-12-13-15(18)17-16-14(2)3/h4-13H2,1-3H3,(H,17,18). The van der Waals surface area contributed by atoms with Gasteiger partial charge in [0.15, 0.2) is 0 Å². The number of hydrogen-bond donors (Lipinski definition) is 1. The number of rotatable bonds is 11. The average Bonchev–Trinajstić information content (AvgIpc) is 2.34. The average molecular weight is 254 g/mol. The number of carbonyl (C=O) groups excluding carboxylic acids is 1. The van der Waals surface area contributed by atoms with E-state index in [1.165, 1.54) is 44.9 Å². The van der Waals surface area contributed by atoms with Crippen LogP contribution < -0.4 is 5.43 Å². The molecule has 3 heteroatoms. The Morgan fingerprint density at radius 2 is 1.39 bits per heavy atom. The lowest BCUT2D eigenvalue weighted by atomic mass is 10.1. The number of hydrogen-bond acceptors (Lipinski definition) is 2. The molecule has 1 amide bonds. The second kappa shape index (κ2) is 12.6. The Labute approximate surface area is 112 Å². The first-order valence-corrected chi connectivity index (χ1v) is 7.46. The SMILES string of the molecule is CCCCCCCCCCCC(=O)NN=C(C)C. The van der Waals surface area contributed by atoms with E-state index in [0.29, 0.717) is 6.42 Å². The molecule has 0 aromatic carbocycles. The third-order valence-corrected chi connectivity index (χ3v) is 2.91. The van der Waals surface area contributed by atoms with Crippen LogP contribution >= 0.6 is 0 Å². The monoisotopic (exact) mass is 254 g/mol. The topological polar surface area (TPSA) is 41.5 Å². The molecular formula is C15H30N2O. The number of hydrazone groups is 1. The molecule has 0 rings (SSSR count). The molecule has 0 aliphatic rings. The van der Waals surface area contributed by atoms with E-state index in [2.05, 4.69) is 17.5 Å². The van der Waals surface area contributed by atoms with Gasteiger partial charge in [0, 0.05) is 12.1 Å². The summed E-state index contributed by atoms with van der Waals surface area (Å²) in [7, 11) is 0. The van der Waals surface area contributed by atoms with Gasteiger partial charge in [-0.25, -0.2) is 5.43 Å². The molecule has 0 spiro atoms. The molecule has 0 aromatic rings. The molecule has 1 N–H and O–H groups in total.